The van der Waals surface area contributed by atoms with E-state index >= 15 is 0 Å². The average Bonchev–Trinajstić information content (AvgIpc) is 2.24. The van der Waals surface area contributed by atoms with Crippen molar-refractivity contribution < 1.29 is 18.3 Å². The van der Waals surface area contributed by atoms with Crippen molar-refractivity contribution in [3.05, 3.63) is 0 Å². The molecule has 18 heavy (non-hydrogen) atoms. The van der Waals surface area contributed by atoms with E-state index in [1.807, 2.05) is 13.8 Å². The molecule has 0 aromatic carbocycles. The molecule has 0 aliphatic heterocycles. The van der Waals surface area contributed by atoms with E-state index in [4.69, 9.17) is 4.74 Å². The second kappa shape index (κ2) is 6.99. The van der Waals surface area contributed by atoms with Crippen molar-refractivity contribution in [2.24, 2.45) is 5.92 Å². The molecular formula is C12H24F2N2O2. The minimum absolute atomic E-state index is 0.00455. The normalized spacial score (nSPS) is 12.6. The van der Waals surface area contributed by atoms with Crippen molar-refractivity contribution in [1.29, 1.82) is 0 Å². The first-order valence-electron chi connectivity index (χ1n) is 6.03. The summed E-state index contributed by atoms with van der Waals surface area (Å²) in [5.74, 6) is -1.23. The lowest BCUT2D eigenvalue weighted by Gasteiger charge is -2.31. The molecule has 0 spiro atoms. The van der Waals surface area contributed by atoms with Crippen LogP contribution in [0.4, 0.5) is 8.78 Å². The van der Waals surface area contributed by atoms with E-state index < -0.39 is 17.9 Å². The van der Waals surface area contributed by atoms with Crippen LogP contribution in [0.1, 0.15) is 27.7 Å². The highest BCUT2D eigenvalue weighted by molar-refractivity contribution is 5.77. The molecule has 0 aliphatic rings. The van der Waals surface area contributed by atoms with Gasteiger partial charge in [-0.1, -0.05) is 13.8 Å². The summed E-state index contributed by atoms with van der Waals surface area (Å²) in [4.78, 5) is 13.8. The Bertz CT molecular complexity index is 271. The molecule has 1 amide bonds. The molecule has 0 unspecified atom stereocenters. The molecule has 0 aromatic heterocycles. The average molecular weight is 266 g/mol. The second-order valence-corrected chi connectivity index (χ2v) is 5.03. The van der Waals surface area contributed by atoms with Crippen molar-refractivity contribution in [2.45, 2.75) is 39.8 Å². The second-order valence-electron chi connectivity index (χ2n) is 5.03. The highest BCUT2D eigenvalue weighted by Crippen LogP contribution is 2.26. The molecule has 6 heteroatoms. The van der Waals surface area contributed by atoms with E-state index in [9.17, 15) is 13.6 Å². The summed E-state index contributed by atoms with van der Waals surface area (Å²) in [7, 11) is 2.78. The monoisotopic (exact) mass is 266 g/mol. The van der Waals surface area contributed by atoms with Crippen LogP contribution in [0, 0.1) is 5.92 Å². The number of ether oxygens (including phenoxy) is 1. The van der Waals surface area contributed by atoms with Gasteiger partial charge in [-0.15, -0.1) is 0 Å². The standard InChI is InChI=1S/C12H24F2N2O2/c1-9(2)12(13,14)16(6)7-11(17)15(5)8-18-10(3)4/h9-10H,7-8H2,1-6H3. The van der Waals surface area contributed by atoms with Gasteiger partial charge in [-0.05, 0) is 20.9 Å². The zero-order valence-corrected chi connectivity index (χ0v) is 12.0. The quantitative estimate of drug-likeness (QED) is 0.522. The van der Waals surface area contributed by atoms with Gasteiger partial charge < -0.3 is 9.64 Å². The Kier molecular flexibility index (Phi) is 6.70. The molecule has 0 fully saturated rings. The number of amides is 1. The molecule has 0 radical (unpaired) electrons. The fourth-order valence-electron chi connectivity index (χ4n) is 1.20. The van der Waals surface area contributed by atoms with Crippen LogP contribution in [0.3, 0.4) is 0 Å². The molecule has 0 aliphatic carbocycles. The predicted molar refractivity (Wildman–Crippen MR) is 66.3 cm³/mol. The van der Waals surface area contributed by atoms with Crippen LogP contribution < -0.4 is 0 Å². The summed E-state index contributed by atoms with van der Waals surface area (Å²) in [6, 6.07) is -2.99. The van der Waals surface area contributed by atoms with Crippen molar-refractivity contribution in [3.63, 3.8) is 0 Å². The zero-order valence-electron chi connectivity index (χ0n) is 12.0. The molecule has 4 nitrogen and oxygen atoms in total. The summed E-state index contributed by atoms with van der Waals surface area (Å²) < 4.78 is 32.4. The third-order valence-corrected chi connectivity index (χ3v) is 2.60. The minimum atomic E-state index is -2.99. The van der Waals surface area contributed by atoms with Crippen LogP contribution in [0.2, 0.25) is 0 Å². The molecule has 0 heterocycles. The van der Waals surface area contributed by atoms with Gasteiger partial charge in [0, 0.05) is 13.0 Å². The maximum atomic E-state index is 13.6. The number of nitrogens with zero attached hydrogens (tertiary/aromatic N) is 2. The number of hydrogen-bond acceptors (Lipinski definition) is 3. The number of hydrogen-bond donors (Lipinski definition) is 0. The number of carbonyl (C=O) groups is 1. The van der Waals surface area contributed by atoms with Crippen molar-refractivity contribution >= 4 is 5.91 Å². The van der Waals surface area contributed by atoms with Crippen molar-refractivity contribution in [3.8, 4) is 0 Å². The Morgan fingerprint density at radius 2 is 1.72 bits per heavy atom. The lowest BCUT2D eigenvalue weighted by molar-refractivity contribution is -0.176. The Hall–Kier alpha value is -0.750. The van der Waals surface area contributed by atoms with Crippen LogP contribution in [0.25, 0.3) is 0 Å². The topological polar surface area (TPSA) is 32.8 Å². The van der Waals surface area contributed by atoms with E-state index in [0.29, 0.717) is 0 Å². The van der Waals surface area contributed by atoms with Crippen LogP contribution in [0.15, 0.2) is 0 Å². The van der Waals surface area contributed by atoms with Gasteiger partial charge in [0.2, 0.25) is 5.91 Å². The third kappa shape index (κ3) is 5.27. The van der Waals surface area contributed by atoms with Gasteiger partial charge in [-0.3, -0.25) is 4.79 Å². The fourth-order valence-corrected chi connectivity index (χ4v) is 1.20. The molecule has 0 saturated carbocycles. The largest absolute Gasteiger partial charge is 0.358 e. The van der Waals surface area contributed by atoms with E-state index in [1.165, 1.54) is 32.8 Å². The number of halogens is 2. The molecule has 0 rings (SSSR count). The molecule has 0 saturated heterocycles. The van der Waals surface area contributed by atoms with E-state index in [-0.39, 0.29) is 19.4 Å². The highest BCUT2D eigenvalue weighted by atomic mass is 19.3. The Morgan fingerprint density at radius 3 is 2.11 bits per heavy atom. The predicted octanol–water partition coefficient (Wildman–Crippen LogP) is 2.01. The summed E-state index contributed by atoms with van der Waals surface area (Å²) >= 11 is 0. The Balaban J connectivity index is 4.30. The SMILES string of the molecule is CC(C)OCN(C)C(=O)CN(C)C(F)(F)C(C)C. The smallest absolute Gasteiger partial charge is 0.307 e. The molecule has 108 valence electrons. The first kappa shape index (κ1) is 17.2. The van der Waals surface area contributed by atoms with Gasteiger partial charge in [0.25, 0.3) is 0 Å². The molecule has 0 atom stereocenters. The summed E-state index contributed by atoms with van der Waals surface area (Å²) in [6.07, 6.45) is -0.00455. The van der Waals surface area contributed by atoms with E-state index in [2.05, 4.69) is 0 Å². The number of alkyl halides is 2. The van der Waals surface area contributed by atoms with Crippen LogP contribution in [-0.4, -0.2) is 55.2 Å². The van der Waals surface area contributed by atoms with Gasteiger partial charge in [0.1, 0.15) is 6.73 Å². The summed E-state index contributed by atoms with van der Waals surface area (Å²) in [5, 5.41) is 0. The molecule has 0 aromatic rings. The van der Waals surface area contributed by atoms with E-state index in [0.717, 1.165) is 4.90 Å². The van der Waals surface area contributed by atoms with Crippen LogP contribution >= 0.6 is 0 Å². The first-order chi connectivity index (χ1) is 8.09. The maximum Gasteiger partial charge on any atom is 0.307 e. The number of carbonyl (C=O) groups excluding carboxylic acids is 1. The molecule has 0 N–H and O–H groups in total. The first-order valence-corrected chi connectivity index (χ1v) is 6.03. The summed E-state index contributed by atoms with van der Waals surface area (Å²) in [5.41, 5.74) is 0. The van der Waals surface area contributed by atoms with Crippen LogP contribution in [-0.2, 0) is 9.53 Å². The van der Waals surface area contributed by atoms with Gasteiger partial charge in [0.15, 0.2) is 0 Å². The highest BCUT2D eigenvalue weighted by Gasteiger charge is 2.39. The Morgan fingerprint density at radius 1 is 1.22 bits per heavy atom. The molecule has 0 bridgehead atoms. The number of rotatable bonds is 7. The van der Waals surface area contributed by atoms with Crippen molar-refractivity contribution in [2.75, 3.05) is 27.4 Å². The minimum Gasteiger partial charge on any atom is -0.358 e. The number of likely N-dealkylation sites (N-methyl/N-ethyl adjacent to an activating group) is 2. The zero-order chi connectivity index (χ0) is 14.5. The summed E-state index contributed by atoms with van der Waals surface area (Å²) in [6.45, 7) is 6.31. The van der Waals surface area contributed by atoms with Gasteiger partial charge in [-0.25, -0.2) is 4.90 Å². The van der Waals surface area contributed by atoms with Crippen LogP contribution in [0.5, 0.6) is 0 Å². The van der Waals surface area contributed by atoms with E-state index in [1.54, 1.807) is 0 Å². The lowest BCUT2D eigenvalue weighted by atomic mass is 10.1. The van der Waals surface area contributed by atoms with Gasteiger partial charge in [0.05, 0.1) is 12.6 Å². The fraction of sp³-hybridized carbons (Fsp3) is 0.917. The maximum absolute atomic E-state index is 13.6. The van der Waals surface area contributed by atoms with Gasteiger partial charge in [-0.2, -0.15) is 8.78 Å². The van der Waals surface area contributed by atoms with Crippen molar-refractivity contribution in [1.82, 2.24) is 9.80 Å². The third-order valence-electron chi connectivity index (χ3n) is 2.60. The lowest BCUT2D eigenvalue weighted by Crippen LogP contribution is -2.48. The molecular weight excluding hydrogens is 242 g/mol. The Labute approximate surface area is 108 Å². The van der Waals surface area contributed by atoms with Gasteiger partial charge >= 0.3 is 6.05 Å².